The number of aliphatic hydroxyl groups excluding tert-OH is 6. The Labute approximate surface area is 198 Å². The van der Waals surface area contributed by atoms with Crippen molar-refractivity contribution in [3.63, 3.8) is 0 Å². The van der Waals surface area contributed by atoms with Crippen molar-refractivity contribution in [1.29, 1.82) is 0 Å². The lowest BCUT2D eigenvalue weighted by Gasteiger charge is -2.40. The molecule has 0 saturated carbocycles. The van der Waals surface area contributed by atoms with Crippen LogP contribution in [-0.4, -0.2) is 106 Å². The highest BCUT2D eigenvalue weighted by Gasteiger charge is 2.44. The Morgan fingerprint density at radius 2 is 1.76 bits per heavy atom. The van der Waals surface area contributed by atoms with Crippen LogP contribution in [0.1, 0.15) is 31.7 Å². The number of carbonyl (C=O) groups excluding carboxylic acids is 1. The first-order valence-corrected chi connectivity index (χ1v) is 11.4. The Bertz CT molecular complexity index is 729. The van der Waals surface area contributed by atoms with Gasteiger partial charge in [0, 0.05) is 6.42 Å². The van der Waals surface area contributed by atoms with Gasteiger partial charge in [-0.2, -0.15) is 0 Å². The molecule has 1 heterocycles. The first kappa shape index (κ1) is 28.4. The minimum absolute atomic E-state index is 0.194. The summed E-state index contributed by atoms with van der Waals surface area (Å²) in [5.41, 5.74) is 1.12. The van der Waals surface area contributed by atoms with E-state index in [1.165, 1.54) is 6.92 Å². The van der Waals surface area contributed by atoms with Gasteiger partial charge in [-0.05, 0) is 43.9 Å². The second-order valence-corrected chi connectivity index (χ2v) is 8.49. The monoisotopic (exact) mass is 487 g/mol. The largest absolute Gasteiger partial charge is 0.497 e. The van der Waals surface area contributed by atoms with Gasteiger partial charge in [0.15, 0.2) is 6.29 Å². The fourth-order valence-corrected chi connectivity index (χ4v) is 3.65. The number of carbonyl (C=O) groups is 1. The molecule has 1 saturated heterocycles. The number of hydrogen-bond donors (Lipinski definition) is 7. The first-order chi connectivity index (χ1) is 16.2. The van der Waals surface area contributed by atoms with E-state index in [4.69, 9.17) is 14.2 Å². The van der Waals surface area contributed by atoms with Crippen LogP contribution in [0.15, 0.2) is 24.3 Å². The Kier molecular flexibility index (Phi) is 11.6. The molecule has 1 aromatic carbocycles. The molecule has 34 heavy (non-hydrogen) atoms. The summed E-state index contributed by atoms with van der Waals surface area (Å²) < 4.78 is 15.8. The SMILES string of the molecule is COc1ccc(CCCCC(=O)N[C@@H](COC2OC(CO)C(O)C(O)C2O)[C@H](O)[C@@H](C)O)cc1. The molecule has 1 amide bonds. The minimum Gasteiger partial charge on any atom is -0.497 e. The smallest absolute Gasteiger partial charge is 0.220 e. The molecule has 1 aliphatic rings. The Balaban J connectivity index is 1.84. The van der Waals surface area contributed by atoms with E-state index in [9.17, 15) is 35.4 Å². The van der Waals surface area contributed by atoms with E-state index in [2.05, 4.69) is 5.32 Å². The van der Waals surface area contributed by atoms with Gasteiger partial charge >= 0.3 is 0 Å². The number of ether oxygens (including phenoxy) is 3. The third-order valence-corrected chi connectivity index (χ3v) is 5.82. The van der Waals surface area contributed by atoms with E-state index in [0.29, 0.717) is 6.42 Å². The van der Waals surface area contributed by atoms with Crippen LogP contribution in [0.4, 0.5) is 0 Å². The number of benzene rings is 1. The second-order valence-electron chi connectivity index (χ2n) is 8.49. The maximum absolute atomic E-state index is 12.4. The van der Waals surface area contributed by atoms with E-state index in [1.807, 2.05) is 24.3 Å². The number of methoxy groups -OCH3 is 1. The van der Waals surface area contributed by atoms with E-state index < -0.39 is 55.6 Å². The van der Waals surface area contributed by atoms with Crippen LogP contribution >= 0.6 is 0 Å². The van der Waals surface area contributed by atoms with E-state index >= 15 is 0 Å². The molecule has 1 aromatic rings. The van der Waals surface area contributed by atoms with Crippen molar-refractivity contribution in [1.82, 2.24) is 5.32 Å². The van der Waals surface area contributed by atoms with E-state index in [1.54, 1.807) is 7.11 Å². The normalized spacial score (nSPS) is 27.6. The van der Waals surface area contributed by atoms with Gasteiger partial charge in [0.25, 0.3) is 0 Å². The standard InChI is InChI=1S/C23H37NO10/c1-13(26)19(28)16(12-33-23-22(31)21(30)20(29)17(11-25)34-23)24-18(27)6-4-3-5-14-7-9-15(32-2)10-8-14/h7-10,13,16-17,19-23,25-26,28-31H,3-6,11-12H2,1-2H3,(H,24,27)/t13-,16+,17?,19-,20?,21?,22?,23?/m1/s1. The number of aliphatic hydroxyl groups is 6. The third kappa shape index (κ3) is 8.14. The molecule has 0 radical (unpaired) electrons. The topological polar surface area (TPSA) is 178 Å². The molecular weight excluding hydrogens is 450 g/mol. The van der Waals surface area contributed by atoms with Crippen LogP contribution in [0.3, 0.4) is 0 Å². The predicted molar refractivity (Wildman–Crippen MR) is 120 cm³/mol. The van der Waals surface area contributed by atoms with Crippen LogP contribution in [0.2, 0.25) is 0 Å². The van der Waals surface area contributed by atoms with E-state index in [-0.39, 0.29) is 18.9 Å². The number of hydrogen-bond acceptors (Lipinski definition) is 10. The van der Waals surface area contributed by atoms with Gasteiger partial charge in [-0.15, -0.1) is 0 Å². The molecule has 8 atom stereocenters. The van der Waals surface area contributed by atoms with Crippen LogP contribution in [-0.2, 0) is 20.7 Å². The molecule has 5 unspecified atom stereocenters. The highest BCUT2D eigenvalue weighted by atomic mass is 16.7. The van der Waals surface area contributed by atoms with Crippen molar-refractivity contribution in [2.24, 2.45) is 0 Å². The number of rotatable bonds is 13. The lowest BCUT2D eigenvalue weighted by Crippen LogP contribution is -2.60. The van der Waals surface area contributed by atoms with E-state index in [0.717, 1.165) is 24.2 Å². The molecular formula is C23H37NO10. The van der Waals surface area contributed by atoms with Crippen molar-refractivity contribution in [3.8, 4) is 5.75 Å². The summed E-state index contributed by atoms with van der Waals surface area (Å²) in [6, 6.07) is 6.65. The molecule has 1 fully saturated rings. The van der Waals surface area contributed by atoms with Gasteiger partial charge in [0.2, 0.25) is 5.91 Å². The number of amides is 1. The summed E-state index contributed by atoms with van der Waals surface area (Å²) in [6.07, 6.45) is -7.52. The zero-order chi connectivity index (χ0) is 25.3. The summed E-state index contributed by atoms with van der Waals surface area (Å²) in [5, 5.41) is 61.8. The van der Waals surface area contributed by atoms with Gasteiger partial charge in [-0.1, -0.05) is 12.1 Å². The average molecular weight is 488 g/mol. The van der Waals surface area contributed by atoms with Crippen LogP contribution in [0, 0.1) is 0 Å². The first-order valence-electron chi connectivity index (χ1n) is 11.4. The molecule has 0 aromatic heterocycles. The fourth-order valence-electron chi connectivity index (χ4n) is 3.65. The lowest BCUT2D eigenvalue weighted by atomic mass is 9.99. The Morgan fingerprint density at radius 3 is 2.35 bits per heavy atom. The molecule has 2 rings (SSSR count). The quantitative estimate of drug-likeness (QED) is 0.161. The van der Waals surface area contributed by atoms with Crippen LogP contribution < -0.4 is 10.1 Å². The summed E-state index contributed by atoms with van der Waals surface area (Å²) in [4.78, 5) is 12.4. The molecule has 11 nitrogen and oxygen atoms in total. The zero-order valence-electron chi connectivity index (χ0n) is 19.5. The number of unbranched alkanes of at least 4 members (excludes halogenated alkanes) is 1. The van der Waals surface area contributed by atoms with Gasteiger partial charge in [0.1, 0.15) is 36.3 Å². The molecule has 7 N–H and O–H groups in total. The van der Waals surface area contributed by atoms with Gasteiger partial charge in [-0.3, -0.25) is 4.79 Å². The number of aryl methyl sites for hydroxylation is 1. The molecule has 194 valence electrons. The van der Waals surface area contributed by atoms with Gasteiger partial charge in [-0.25, -0.2) is 0 Å². The zero-order valence-corrected chi connectivity index (χ0v) is 19.5. The second kappa shape index (κ2) is 13.9. The van der Waals surface area contributed by atoms with Crippen molar-refractivity contribution < 1.29 is 49.6 Å². The van der Waals surface area contributed by atoms with Crippen molar-refractivity contribution in [2.75, 3.05) is 20.3 Å². The summed E-state index contributed by atoms with van der Waals surface area (Å²) in [5.74, 6) is 0.425. The van der Waals surface area contributed by atoms with Crippen molar-refractivity contribution in [3.05, 3.63) is 29.8 Å². The maximum atomic E-state index is 12.4. The summed E-state index contributed by atoms with van der Waals surface area (Å²) in [7, 11) is 1.60. The summed E-state index contributed by atoms with van der Waals surface area (Å²) in [6.45, 7) is 0.386. The predicted octanol–water partition coefficient (Wildman–Crippen LogP) is -1.55. The lowest BCUT2D eigenvalue weighted by molar-refractivity contribution is -0.303. The van der Waals surface area contributed by atoms with Gasteiger partial charge < -0.3 is 50.2 Å². The molecule has 1 aliphatic heterocycles. The maximum Gasteiger partial charge on any atom is 0.220 e. The van der Waals surface area contributed by atoms with Crippen LogP contribution in [0.5, 0.6) is 5.75 Å². The highest BCUT2D eigenvalue weighted by Crippen LogP contribution is 2.22. The molecule has 11 heteroatoms. The van der Waals surface area contributed by atoms with Gasteiger partial charge in [0.05, 0.1) is 32.5 Å². The Morgan fingerprint density at radius 1 is 1.09 bits per heavy atom. The summed E-state index contributed by atoms with van der Waals surface area (Å²) >= 11 is 0. The average Bonchev–Trinajstić information content (AvgIpc) is 2.83. The molecule has 0 spiro atoms. The van der Waals surface area contributed by atoms with Crippen molar-refractivity contribution in [2.45, 2.75) is 81.6 Å². The molecule has 0 aliphatic carbocycles. The third-order valence-electron chi connectivity index (χ3n) is 5.82. The van der Waals surface area contributed by atoms with Crippen LogP contribution in [0.25, 0.3) is 0 Å². The Hall–Kier alpha value is -1.83. The minimum atomic E-state index is -1.62. The fraction of sp³-hybridized carbons (Fsp3) is 0.696. The highest BCUT2D eigenvalue weighted by molar-refractivity contribution is 5.76. The van der Waals surface area contributed by atoms with Crippen molar-refractivity contribution >= 4 is 5.91 Å². The molecule has 0 bridgehead atoms. The number of nitrogens with one attached hydrogen (secondary N) is 1.